The van der Waals surface area contributed by atoms with Crippen LogP contribution in [0.4, 0.5) is 14.6 Å². The maximum atomic E-state index is 12.9. The normalized spacial score (nSPS) is 17.0. The lowest BCUT2D eigenvalue weighted by Crippen LogP contribution is -2.35. The van der Waals surface area contributed by atoms with Gasteiger partial charge in [0.1, 0.15) is 0 Å². The van der Waals surface area contributed by atoms with E-state index in [1.54, 1.807) is 29.1 Å². The van der Waals surface area contributed by atoms with E-state index in [1.807, 2.05) is 42.2 Å². The summed E-state index contributed by atoms with van der Waals surface area (Å²) in [5, 5.41) is 5.54. The van der Waals surface area contributed by atoms with Crippen molar-refractivity contribution < 1.29 is 18.3 Å². The molecule has 2 aromatic carbocycles. The van der Waals surface area contributed by atoms with Crippen molar-refractivity contribution in [3.8, 4) is 17.2 Å². The van der Waals surface area contributed by atoms with E-state index in [2.05, 4.69) is 4.74 Å². The molecule has 0 saturated heterocycles. The van der Waals surface area contributed by atoms with Gasteiger partial charge in [-0.15, -0.1) is 0 Å². The summed E-state index contributed by atoms with van der Waals surface area (Å²) in [5.41, 5.74) is 3.14. The van der Waals surface area contributed by atoms with Gasteiger partial charge in [-0.2, -0.15) is 13.9 Å². The van der Waals surface area contributed by atoms with Gasteiger partial charge in [0.05, 0.1) is 34.6 Å². The third kappa shape index (κ3) is 3.82. The number of nitrogens with zero attached hydrogens (tertiary/aromatic N) is 4. The van der Waals surface area contributed by atoms with Crippen molar-refractivity contribution in [3.05, 3.63) is 87.7 Å². The molecule has 6 nitrogen and oxygen atoms in total. The first-order chi connectivity index (χ1) is 16.4. The van der Waals surface area contributed by atoms with Gasteiger partial charge in [0, 0.05) is 11.8 Å². The molecule has 174 valence electrons. The summed E-state index contributed by atoms with van der Waals surface area (Å²) in [4.78, 5) is 6.69. The van der Waals surface area contributed by atoms with Gasteiger partial charge in [-0.25, -0.2) is 9.67 Å². The molecule has 0 aliphatic carbocycles. The first-order valence-electron chi connectivity index (χ1n) is 10.3. The fraction of sp³-hybridized carbons (Fsp3) is 0.167. The van der Waals surface area contributed by atoms with E-state index < -0.39 is 12.7 Å². The number of allylic oxidation sites excluding steroid dienone is 2. The SMILES string of the molecule is COc1cc(C2c3c(C)nn(-c4ccccc4)c3N=C3C(Cl)=CC(Cl)=CN32)ccc1OC(F)F. The molecular formula is C24H18Cl2F2N4O2. The molecule has 3 aromatic rings. The van der Waals surface area contributed by atoms with E-state index in [-0.39, 0.29) is 11.5 Å². The second kappa shape index (κ2) is 8.77. The molecule has 2 aliphatic heterocycles. The van der Waals surface area contributed by atoms with Crippen LogP contribution in [0.1, 0.15) is 22.9 Å². The molecule has 0 radical (unpaired) electrons. The van der Waals surface area contributed by atoms with Gasteiger partial charge in [-0.3, -0.25) is 0 Å². The van der Waals surface area contributed by atoms with Crippen LogP contribution in [0.25, 0.3) is 5.69 Å². The predicted octanol–water partition coefficient (Wildman–Crippen LogP) is 6.44. The van der Waals surface area contributed by atoms with Crippen molar-refractivity contribution in [1.82, 2.24) is 14.7 Å². The van der Waals surface area contributed by atoms with Crippen LogP contribution in [0.5, 0.6) is 11.5 Å². The molecule has 0 saturated carbocycles. The molecule has 2 aliphatic rings. The number of hydrogen-bond acceptors (Lipinski definition) is 5. The standard InChI is InChI=1S/C24H18Cl2F2N4O2/c1-13-20-21(14-8-9-18(34-24(27)28)19(10-14)33-2)31-12-15(25)11-17(26)22(31)29-23(20)32(30-13)16-6-4-3-5-7-16/h3-12,21,24H,1-2H3. The van der Waals surface area contributed by atoms with Crippen LogP contribution in [-0.4, -0.2) is 34.2 Å². The maximum Gasteiger partial charge on any atom is 0.387 e. The highest BCUT2D eigenvalue weighted by molar-refractivity contribution is 6.45. The average Bonchev–Trinajstić information content (AvgIpc) is 3.14. The maximum absolute atomic E-state index is 12.9. The van der Waals surface area contributed by atoms with E-state index in [0.717, 1.165) is 22.5 Å². The Morgan fingerprint density at radius 2 is 1.82 bits per heavy atom. The van der Waals surface area contributed by atoms with Crippen molar-refractivity contribution in [2.75, 3.05) is 7.11 Å². The molecule has 0 N–H and O–H groups in total. The second-order valence-corrected chi connectivity index (χ2v) is 8.45. The Bertz CT molecular complexity index is 1350. The molecule has 1 aromatic heterocycles. The van der Waals surface area contributed by atoms with Gasteiger partial charge in [0.15, 0.2) is 23.2 Å². The third-order valence-corrected chi connectivity index (χ3v) is 6.04. The Morgan fingerprint density at radius 3 is 2.53 bits per heavy atom. The number of fused-ring (bicyclic) bond motifs is 2. The molecule has 10 heteroatoms. The number of methoxy groups -OCH3 is 1. The van der Waals surface area contributed by atoms with Crippen LogP contribution < -0.4 is 9.47 Å². The summed E-state index contributed by atoms with van der Waals surface area (Å²) in [5.74, 6) is 1.22. The first-order valence-corrected chi connectivity index (χ1v) is 11.0. The van der Waals surface area contributed by atoms with Gasteiger partial charge < -0.3 is 14.4 Å². The molecule has 0 fully saturated rings. The van der Waals surface area contributed by atoms with Gasteiger partial charge in [-0.1, -0.05) is 47.5 Å². The van der Waals surface area contributed by atoms with E-state index in [4.69, 9.17) is 38.0 Å². The van der Waals surface area contributed by atoms with Crippen LogP contribution in [0, 0.1) is 6.92 Å². The topological polar surface area (TPSA) is 51.9 Å². The minimum atomic E-state index is -2.97. The molecule has 0 bridgehead atoms. The Hall–Kier alpha value is -3.36. The van der Waals surface area contributed by atoms with E-state index >= 15 is 0 Å². The highest BCUT2D eigenvalue weighted by Gasteiger charge is 2.38. The number of hydrogen-bond donors (Lipinski definition) is 0. The smallest absolute Gasteiger partial charge is 0.387 e. The number of amidine groups is 1. The summed E-state index contributed by atoms with van der Waals surface area (Å²) < 4.78 is 37.4. The summed E-state index contributed by atoms with van der Waals surface area (Å²) in [7, 11) is 1.40. The van der Waals surface area contributed by atoms with Crippen molar-refractivity contribution >= 4 is 34.9 Å². The zero-order valence-corrected chi connectivity index (χ0v) is 19.6. The van der Waals surface area contributed by atoms with Crippen molar-refractivity contribution in [2.45, 2.75) is 19.6 Å². The molecule has 5 rings (SSSR count). The highest BCUT2D eigenvalue weighted by Crippen LogP contribution is 2.46. The number of aromatic nitrogens is 2. The Morgan fingerprint density at radius 1 is 1.06 bits per heavy atom. The quantitative estimate of drug-likeness (QED) is 0.402. The Balaban J connectivity index is 1.73. The minimum Gasteiger partial charge on any atom is -0.493 e. The van der Waals surface area contributed by atoms with Crippen molar-refractivity contribution in [1.29, 1.82) is 0 Å². The number of aliphatic imine (C=N–C) groups is 1. The first kappa shape index (κ1) is 22.4. The molecule has 1 atom stereocenters. The Kier molecular flexibility index (Phi) is 5.79. The number of rotatable bonds is 5. The lowest BCUT2D eigenvalue weighted by molar-refractivity contribution is -0.0512. The molecular weight excluding hydrogens is 485 g/mol. The summed E-state index contributed by atoms with van der Waals surface area (Å²) >= 11 is 12.9. The fourth-order valence-corrected chi connectivity index (χ4v) is 4.69. The van der Waals surface area contributed by atoms with E-state index in [1.165, 1.54) is 13.2 Å². The number of benzene rings is 2. The predicted molar refractivity (Wildman–Crippen MR) is 127 cm³/mol. The second-order valence-electron chi connectivity index (χ2n) is 7.61. The van der Waals surface area contributed by atoms with Gasteiger partial charge in [0.2, 0.25) is 0 Å². The number of alkyl halides is 2. The number of aryl methyl sites for hydroxylation is 1. The molecule has 0 amide bonds. The monoisotopic (exact) mass is 502 g/mol. The highest BCUT2D eigenvalue weighted by atomic mass is 35.5. The van der Waals surface area contributed by atoms with E-state index in [9.17, 15) is 8.78 Å². The van der Waals surface area contributed by atoms with Crippen molar-refractivity contribution in [2.24, 2.45) is 4.99 Å². The van der Waals surface area contributed by atoms with Crippen LogP contribution in [0.15, 0.2) is 75.9 Å². The van der Waals surface area contributed by atoms with Gasteiger partial charge >= 0.3 is 6.61 Å². The van der Waals surface area contributed by atoms with Crippen LogP contribution in [0.3, 0.4) is 0 Å². The van der Waals surface area contributed by atoms with E-state index in [0.29, 0.717) is 21.7 Å². The zero-order chi connectivity index (χ0) is 24.0. The fourth-order valence-electron chi connectivity index (χ4n) is 4.17. The van der Waals surface area contributed by atoms with Crippen LogP contribution in [-0.2, 0) is 0 Å². The zero-order valence-electron chi connectivity index (χ0n) is 18.0. The van der Waals surface area contributed by atoms with Gasteiger partial charge in [0.25, 0.3) is 0 Å². The average molecular weight is 503 g/mol. The minimum absolute atomic E-state index is 0.0620. The summed E-state index contributed by atoms with van der Waals surface area (Å²) in [6.45, 7) is -1.08. The number of para-hydroxylation sites is 1. The van der Waals surface area contributed by atoms with Crippen molar-refractivity contribution in [3.63, 3.8) is 0 Å². The lowest BCUT2D eigenvalue weighted by Gasteiger charge is -2.37. The molecule has 34 heavy (non-hydrogen) atoms. The molecule has 1 unspecified atom stereocenters. The summed E-state index contributed by atoms with van der Waals surface area (Å²) in [6.07, 6.45) is 3.35. The molecule has 3 heterocycles. The summed E-state index contributed by atoms with van der Waals surface area (Å²) in [6, 6.07) is 14.0. The molecule has 0 spiro atoms. The van der Waals surface area contributed by atoms with Gasteiger partial charge in [-0.05, 0) is 42.8 Å². The largest absolute Gasteiger partial charge is 0.493 e. The number of ether oxygens (including phenoxy) is 2. The third-order valence-electron chi connectivity index (χ3n) is 5.55. The number of halogens is 4. The van der Waals surface area contributed by atoms with Crippen LogP contribution in [0.2, 0.25) is 0 Å². The van der Waals surface area contributed by atoms with Crippen LogP contribution >= 0.6 is 23.2 Å². The lowest BCUT2D eigenvalue weighted by atomic mass is 9.94. The Labute approximate surface area is 204 Å².